The van der Waals surface area contributed by atoms with Crippen molar-refractivity contribution in [3.63, 3.8) is 0 Å². The maximum atomic E-state index is 9.14. The minimum absolute atomic E-state index is 0.617. The van der Waals surface area contributed by atoms with E-state index in [4.69, 9.17) is 5.26 Å². The van der Waals surface area contributed by atoms with Gasteiger partial charge in [-0.15, -0.1) is 0 Å². The van der Waals surface area contributed by atoms with E-state index in [1.165, 1.54) is 5.56 Å². The van der Waals surface area contributed by atoms with E-state index in [-0.39, 0.29) is 0 Å². The van der Waals surface area contributed by atoms with E-state index in [0.717, 1.165) is 22.4 Å². The topological polar surface area (TPSA) is 41.6 Å². The fourth-order valence-corrected chi connectivity index (χ4v) is 2.27. The molecule has 0 fully saturated rings. The third kappa shape index (κ3) is 1.78. The highest BCUT2D eigenvalue weighted by Crippen LogP contribution is 2.25. The summed E-state index contributed by atoms with van der Waals surface area (Å²) in [6.45, 7) is 2.06. The van der Waals surface area contributed by atoms with Gasteiger partial charge in [0, 0.05) is 12.6 Å². The maximum absolute atomic E-state index is 9.14. The van der Waals surface area contributed by atoms with Crippen molar-refractivity contribution in [2.75, 3.05) is 0 Å². The van der Waals surface area contributed by atoms with Gasteiger partial charge in [0.2, 0.25) is 0 Å². The van der Waals surface area contributed by atoms with Crippen LogP contribution in [0.15, 0.2) is 42.5 Å². The number of rotatable bonds is 1. The number of nitriles is 1. The highest BCUT2D eigenvalue weighted by molar-refractivity contribution is 5.85. The highest BCUT2D eigenvalue weighted by Gasteiger charge is 2.12. The SMILES string of the molecule is Cc1ccc(-c2nc3c(C#N)cccc3n2C)cc1. The molecule has 3 heteroatoms. The lowest BCUT2D eigenvalue weighted by Gasteiger charge is -2.02. The molecule has 19 heavy (non-hydrogen) atoms. The third-order valence-corrected chi connectivity index (χ3v) is 3.34. The molecule has 1 heterocycles. The van der Waals surface area contributed by atoms with Gasteiger partial charge in [-0.25, -0.2) is 4.98 Å². The highest BCUT2D eigenvalue weighted by atomic mass is 15.1. The number of fused-ring (bicyclic) bond motifs is 1. The van der Waals surface area contributed by atoms with Crippen molar-refractivity contribution in [2.45, 2.75) is 6.92 Å². The molecule has 92 valence electrons. The number of nitrogens with zero attached hydrogens (tertiary/aromatic N) is 3. The Morgan fingerprint density at radius 2 is 1.84 bits per heavy atom. The van der Waals surface area contributed by atoms with E-state index >= 15 is 0 Å². The molecule has 0 N–H and O–H groups in total. The van der Waals surface area contributed by atoms with Gasteiger partial charge >= 0.3 is 0 Å². The summed E-state index contributed by atoms with van der Waals surface area (Å²) in [7, 11) is 1.98. The molecule has 3 aromatic rings. The Morgan fingerprint density at radius 3 is 2.53 bits per heavy atom. The van der Waals surface area contributed by atoms with Crippen LogP contribution in [0.25, 0.3) is 22.4 Å². The molecule has 0 bridgehead atoms. The summed E-state index contributed by atoms with van der Waals surface area (Å²) in [5.74, 6) is 0.887. The van der Waals surface area contributed by atoms with Gasteiger partial charge in [-0.2, -0.15) is 5.26 Å². The Balaban J connectivity index is 2.29. The zero-order valence-electron chi connectivity index (χ0n) is 10.9. The fourth-order valence-electron chi connectivity index (χ4n) is 2.27. The predicted octanol–water partition coefficient (Wildman–Crippen LogP) is 3.42. The Hall–Kier alpha value is -2.60. The summed E-state index contributed by atoms with van der Waals surface area (Å²) in [6, 6.07) is 16.1. The normalized spacial score (nSPS) is 10.6. The molecule has 0 aliphatic rings. The Morgan fingerprint density at radius 1 is 1.11 bits per heavy atom. The third-order valence-electron chi connectivity index (χ3n) is 3.34. The second-order valence-corrected chi connectivity index (χ2v) is 4.65. The van der Waals surface area contributed by atoms with Crippen LogP contribution < -0.4 is 0 Å². The first kappa shape index (κ1) is 11.5. The van der Waals surface area contributed by atoms with Crippen molar-refractivity contribution in [1.29, 1.82) is 5.26 Å². The first-order valence-corrected chi connectivity index (χ1v) is 6.13. The average molecular weight is 247 g/mol. The fraction of sp³-hybridized carbons (Fsp3) is 0.125. The van der Waals surface area contributed by atoms with Crippen molar-refractivity contribution < 1.29 is 0 Å². The van der Waals surface area contributed by atoms with Crippen LogP contribution in [-0.2, 0) is 7.05 Å². The zero-order chi connectivity index (χ0) is 13.4. The molecule has 3 rings (SSSR count). The Labute approximate surface area is 111 Å². The van der Waals surface area contributed by atoms with Crippen molar-refractivity contribution >= 4 is 11.0 Å². The molecular weight excluding hydrogens is 234 g/mol. The number of para-hydroxylation sites is 1. The van der Waals surface area contributed by atoms with Crippen LogP contribution in [0.5, 0.6) is 0 Å². The molecule has 0 saturated heterocycles. The van der Waals surface area contributed by atoms with Crippen LogP contribution in [0.3, 0.4) is 0 Å². The van der Waals surface area contributed by atoms with Gasteiger partial charge in [0.15, 0.2) is 0 Å². The Bertz CT molecular complexity index is 789. The van der Waals surface area contributed by atoms with Gasteiger partial charge in [0.05, 0.1) is 11.1 Å². The lowest BCUT2D eigenvalue weighted by molar-refractivity contribution is 0.959. The van der Waals surface area contributed by atoms with E-state index < -0.39 is 0 Å². The van der Waals surface area contributed by atoms with Gasteiger partial charge in [-0.05, 0) is 19.1 Å². The largest absolute Gasteiger partial charge is 0.327 e. The van der Waals surface area contributed by atoms with Crippen molar-refractivity contribution in [1.82, 2.24) is 9.55 Å². The molecule has 0 atom stereocenters. The van der Waals surface area contributed by atoms with Gasteiger partial charge in [0.25, 0.3) is 0 Å². The lowest BCUT2D eigenvalue weighted by Crippen LogP contribution is -1.92. The molecule has 2 aromatic carbocycles. The molecule has 1 aromatic heterocycles. The zero-order valence-corrected chi connectivity index (χ0v) is 10.9. The van der Waals surface area contributed by atoms with Gasteiger partial charge < -0.3 is 4.57 Å². The quantitative estimate of drug-likeness (QED) is 0.661. The summed E-state index contributed by atoms with van der Waals surface area (Å²) in [6.07, 6.45) is 0. The minimum Gasteiger partial charge on any atom is -0.327 e. The summed E-state index contributed by atoms with van der Waals surface area (Å²) < 4.78 is 2.03. The molecule has 0 unspecified atom stereocenters. The number of hydrogen-bond donors (Lipinski definition) is 0. The number of hydrogen-bond acceptors (Lipinski definition) is 2. The van der Waals surface area contributed by atoms with Crippen LogP contribution in [0, 0.1) is 18.3 Å². The molecule has 0 amide bonds. The first-order chi connectivity index (χ1) is 9.20. The number of benzene rings is 2. The van der Waals surface area contributed by atoms with Crippen LogP contribution in [0.2, 0.25) is 0 Å². The van der Waals surface area contributed by atoms with Crippen LogP contribution in [0.1, 0.15) is 11.1 Å². The molecular formula is C16H13N3. The smallest absolute Gasteiger partial charge is 0.140 e. The van der Waals surface area contributed by atoms with E-state index in [9.17, 15) is 0 Å². The van der Waals surface area contributed by atoms with Gasteiger partial charge in [-0.1, -0.05) is 35.9 Å². The van der Waals surface area contributed by atoms with E-state index in [0.29, 0.717) is 5.56 Å². The predicted molar refractivity (Wildman–Crippen MR) is 75.6 cm³/mol. The molecule has 0 aliphatic heterocycles. The second kappa shape index (κ2) is 4.25. The van der Waals surface area contributed by atoms with Crippen LogP contribution in [-0.4, -0.2) is 9.55 Å². The molecule has 0 spiro atoms. The van der Waals surface area contributed by atoms with Crippen LogP contribution >= 0.6 is 0 Å². The number of imidazole rings is 1. The minimum atomic E-state index is 0.617. The van der Waals surface area contributed by atoms with E-state index in [1.54, 1.807) is 6.07 Å². The van der Waals surface area contributed by atoms with E-state index in [1.807, 2.05) is 23.7 Å². The summed E-state index contributed by atoms with van der Waals surface area (Å²) in [4.78, 5) is 4.62. The lowest BCUT2D eigenvalue weighted by atomic mass is 10.1. The average Bonchev–Trinajstić information content (AvgIpc) is 2.77. The second-order valence-electron chi connectivity index (χ2n) is 4.65. The monoisotopic (exact) mass is 247 g/mol. The Kier molecular flexibility index (Phi) is 2.57. The van der Waals surface area contributed by atoms with Crippen molar-refractivity contribution in [3.8, 4) is 17.5 Å². The van der Waals surface area contributed by atoms with Gasteiger partial charge in [0.1, 0.15) is 17.4 Å². The first-order valence-electron chi connectivity index (χ1n) is 6.13. The van der Waals surface area contributed by atoms with Crippen molar-refractivity contribution in [3.05, 3.63) is 53.6 Å². The molecule has 0 aliphatic carbocycles. The van der Waals surface area contributed by atoms with Gasteiger partial charge in [-0.3, -0.25) is 0 Å². The summed E-state index contributed by atoms with van der Waals surface area (Å²) in [5, 5.41) is 9.14. The molecule has 0 radical (unpaired) electrons. The molecule has 3 nitrogen and oxygen atoms in total. The number of aryl methyl sites for hydroxylation is 2. The van der Waals surface area contributed by atoms with E-state index in [2.05, 4.69) is 42.2 Å². The summed E-state index contributed by atoms with van der Waals surface area (Å²) in [5.41, 5.74) is 4.65. The molecule has 0 saturated carbocycles. The maximum Gasteiger partial charge on any atom is 0.140 e. The standard InChI is InChI=1S/C16H13N3/c1-11-6-8-12(9-7-11)16-18-15-13(10-17)4-3-5-14(15)19(16)2/h3-9H,1-2H3. The van der Waals surface area contributed by atoms with Crippen LogP contribution in [0.4, 0.5) is 0 Å². The summed E-state index contributed by atoms with van der Waals surface area (Å²) >= 11 is 0. The number of aromatic nitrogens is 2. The van der Waals surface area contributed by atoms with Crippen molar-refractivity contribution in [2.24, 2.45) is 7.05 Å².